The number of anilines is 2. The van der Waals surface area contributed by atoms with E-state index >= 15 is 0 Å². The van der Waals surface area contributed by atoms with Gasteiger partial charge in [0.25, 0.3) is 0 Å². The van der Waals surface area contributed by atoms with Crippen LogP contribution in [-0.2, 0) is 0 Å². The van der Waals surface area contributed by atoms with Crippen molar-refractivity contribution in [2.24, 2.45) is 0 Å². The molecule has 1 saturated heterocycles. The SMILES string of the molecule is Oc1ccc2c(c1)NCC1CCCN21. The van der Waals surface area contributed by atoms with E-state index in [0.717, 1.165) is 18.8 Å². The minimum Gasteiger partial charge on any atom is -0.508 e. The average Bonchev–Trinajstić information content (AvgIpc) is 2.65. The summed E-state index contributed by atoms with van der Waals surface area (Å²) >= 11 is 0. The van der Waals surface area contributed by atoms with Crippen LogP contribution in [0.1, 0.15) is 12.8 Å². The molecule has 0 spiro atoms. The first-order valence-electron chi connectivity index (χ1n) is 5.18. The van der Waals surface area contributed by atoms with Crippen LogP contribution >= 0.6 is 0 Å². The van der Waals surface area contributed by atoms with E-state index in [-0.39, 0.29) is 0 Å². The molecule has 3 rings (SSSR count). The van der Waals surface area contributed by atoms with Gasteiger partial charge in [-0.2, -0.15) is 0 Å². The van der Waals surface area contributed by atoms with Gasteiger partial charge in [-0.25, -0.2) is 0 Å². The molecule has 0 bridgehead atoms. The molecule has 0 amide bonds. The van der Waals surface area contributed by atoms with Crippen molar-refractivity contribution in [1.82, 2.24) is 0 Å². The van der Waals surface area contributed by atoms with Gasteiger partial charge in [0, 0.05) is 25.2 Å². The van der Waals surface area contributed by atoms with E-state index in [9.17, 15) is 5.11 Å². The van der Waals surface area contributed by atoms with Gasteiger partial charge in [0.15, 0.2) is 0 Å². The summed E-state index contributed by atoms with van der Waals surface area (Å²) in [5, 5.41) is 12.7. The first-order valence-corrected chi connectivity index (χ1v) is 5.18. The Labute approximate surface area is 83.3 Å². The smallest absolute Gasteiger partial charge is 0.117 e. The predicted molar refractivity (Wildman–Crippen MR) is 57.0 cm³/mol. The molecule has 74 valence electrons. The van der Waals surface area contributed by atoms with Crippen molar-refractivity contribution in [2.75, 3.05) is 23.3 Å². The third-order valence-corrected chi connectivity index (χ3v) is 3.19. The molecule has 1 aromatic rings. The molecule has 1 aromatic carbocycles. The van der Waals surface area contributed by atoms with Gasteiger partial charge in [0.1, 0.15) is 5.75 Å². The Morgan fingerprint density at radius 2 is 2.36 bits per heavy atom. The number of rotatable bonds is 0. The van der Waals surface area contributed by atoms with Gasteiger partial charge in [0.2, 0.25) is 0 Å². The number of fused-ring (bicyclic) bond motifs is 3. The van der Waals surface area contributed by atoms with Crippen molar-refractivity contribution in [3.63, 3.8) is 0 Å². The van der Waals surface area contributed by atoms with Gasteiger partial charge in [-0.15, -0.1) is 0 Å². The van der Waals surface area contributed by atoms with Crippen LogP contribution in [0.15, 0.2) is 18.2 Å². The molecule has 1 unspecified atom stereocenters. The summed E-state index contributed by atoms with van der Waals surface area (Å²) in [7, 11) is 0. The van der Waals surface area contributed by atoms with Gasteiger partial charge in [0.05, 0.1) is 11.4 Å². The lowest BCUT2D eigenvalue weighted by molar-refractivity contribution is 0.475. The Balaban J connectivity index is 2.05. The zero-order chi connectivity index (χ0) is 9.54. The van der Waals surface area contributed by atoms with Crippen LogP contribution in [0.2, 0.25) is 0 Å². The summed E-state index contributed by atoms with van der Waals surface area (Å²) in [6.07, 6.45) is 2.57. The molecule has 0 aliphatic carbocycles. The maximum Gasteiger partial charge on any atom is 0.117 e. The highest BCUT2D eigenvalue weighted by atomic mass is 16.3. The lowest BCUT2D eigenvalue weighted by Gasteiger charge is -2.34. The third kappa shape index (κ3) is 1.05. The number of nitrogens with zero attached hydrogens (tertiary/aromatic N) is 1. The van der Waals surface area contributed by atoms with Crippen molar-refractivity contribution >= 4 is 11.4 Å². The van der Waals surface area contributed by atoms with Crippen molar-refractivity contribution in [2.45, 2.75) is 18.9 Å². The van der Waals surface area contributed by atoms with Gasteiger partial charge in [-0.3, -0.25) is 0 Å². The second-order valence-electron chi connectivity index (χ2n) is 4.07. The molecule has 2 N–H and O–H groups in total. The monoisotopic (exact) mass is 190 g/mol. The van der Waals surface area contributed by atoms with Crippen molar-refractivity contribution in [1.29, 1.82) is 0 Å². The highest BCUT2D eigenvalue weighted by Gasteiger charge is 2.29. The Kier molecular flexibility index (Phi) is 1.60. The van der Waals surface area contributed by atoms with Crippen molar-refractivity contribution < 1.29 is 5.11 Å². The molecule has 0 aromatic heterocycles. The fourth-order valence-corrected chi connectivity index (χ4v) is 2.51. The molecule has 2 aliphatic rings. The Morgan fingerprint density at radius 3 is 3.29 bits per heavy atom. The number of phenols is 1. The van der Waals surface area contributed by atoms with Crippen molar-refractivity contribution in [3.05, 3.63) is 18.2 Å². The second-order valence-corrected chi connectivity index (χ2v) is 4.07. The highest BCUT2D eigenvalue weighted by molar-refractivity contribution is 5.74. The summed E-state index contributed by atoms with van der Waals surface area (Å²) in [6.45, 7) is 2.17. The summed E-state index contributed by atoms with van der Waals surface area (Å²) in [4.78, 5) is 2.45. The van der Waals surface area contributed by atoms with E-state index in [1.165, 1.54) is 18.5 Å². The minimum absolute atomic E-state index is 0.342. The van der Waals surface area contributed by atoms with Crippen molar-refractivity contribution in [3.8, 4) is 5.75 Å². The van der Waals surface area contributed by atoms with Gasteiger partial charge < -0.3 is 15.3 Å². The van der Waals surface area contributed by atoms with Crippen LogP contribution in [0.4, 0.5) is 11.4 Å². The summed E-state index contributed by atoms with van der Waals surface area (Å²) in [5.74, 6) is 0.342. The van der Waals surface area contributed by atoms with E-state index in [1.54, 1.807) is 6.07 Å². The molecule has 2 heterocycles. The number of benzene rings is 1. The molecule has 1 fully saturated rings. The number of aromatic hydroxyl groups is 1. The fraction of sp³-hybridized carbons (Fsp3) is 0.455. The van der Waals surface area contributed by atoms with E-state index < -0.39 is 0 Å². The quantitative estimate of drug-likeness (QED) is 0.654. The molecule has 0 radical (unpaired) electrons. The highest BCUT2D eigenvalue weighted by Crippen LogP contribution is 2.37. The normalized spacial score (nSPS) is 24.0. The van der Waals surface area contributed by atoms with Gasteiger partial charge >= 0.3 is 0 Å². The summed E-state index contributed by atoms with van der Waals surface area (Å²) in [5.41, 5.74) is 2.32. The molecule has 14 heavy (non-hydrogen) atoms. The largest absolute Gasteiger partial charge is 0.508 e. The first-order chi connectivity index (χ1) is 6.84. The van der Waals surface area contributed by atoms with E-state index in [2.05, 4.69) is 10.2 Å². The van der Waals surface area contributed by atoms with Crippen LogP contribution in [0, 0.1) is 0 Å². The zero-order valence-corrected chi connectivity index (χ0v) is 8.03. The molecule has 3 heteroatoms. The number of hydrogen-bond donors (Lipinski definition) is 2. The molecule has 3 nitrogen and oxygen atoms in total. The molecule has 0 saturated carbocycles. The van der Waals surface area contributed by atoms with E-state index in [4.69, 9.17) is 0 Å². The van der Waals surface area contributed by atoms with Gasteiger partial charge in [-0.1, -0.05) is 0 Å². The molecule has 1 atom stereocenters. The number of hydrogen-bond acceptors (Lipinski definition) is 3. The lowest BCUT2D eigenvalue weighted by Crippen LogP contribution is -2.39. The van der Waals surface area contributed by atoms with Crippen LogP contribution in [0.3, 0.4) is 0 Å². The summed E-state index contributed by atoms with van der Waals surface area (Å²) < 4.78 is 0. The lowest BCUT2D eigenvalue weighted by atomic mass is 10.1. The number of nitrogens with one attached hydrogen (secondary N) is 1. The van der Waals surface area contributed by atoms with Crippen LogP contribution in [0.5, 0.6) is 5.75 Å². The molecular formula is C11H14N2O. The minimum atomic E-state index is 0.342. The Bertz CT molecular complexity index is 364. The predicted octanol–water partition coefficient (Wildman–Crippen LogP) is 1.79. The fourth-order valence-electron chi connectivity index (χ4n) is 2.51. The zero-order valence-electron chi connectivity index (χ0n) is 8.03. The maximum atomic E-state index is 9.37. The first kappa shape index (κ1) is 7.97. The third-order valence-electron chi connectivity index (χ3n) is 3.19. The van der Waals surface area contributed by atoms with Crippen LogP contribution < -0.4 is 10.2 Å². The second kappa shape index (κ2) is 2.80. The Morgan fingerprint density at radius 1 is 1.43 bits per heavy atom. The standard InChI is InChI=1S/C11H14N2O/c14-9-3-4-11-10(6-9)12-7-8-2-1-5-13(8)11/h3-4,6,8,12,14H,1-2,5,7H2. The Hall–Kier alpha value is -1.38. The molecule has 2 aliphatic heterocycles. The van der Waals surface area contributed by atoms with E-state index in [0.29, 0.717) is 11.8 Å². The number of phenolic OH excluding ortho intramolecular Hbond substituents is 1. The topological polar surface area (TPSA) is 35.5 Å². The van der Waals surface area contributed by atoms with Crippen LogP contribution in [0.25, 0.3) is 0 Å². The van der Waals surface area contributed by atoms with Gasteiger partial charge in [-0.05, 0) is 25.0 Å². The summed E-state index contributed by atoms with van der Waals surface area (Å²) in [6, 6.07) is 6.24. The maximum absolute atomic E-state index is 9.37. The van der Waals surface area contributed by atoms with Crippen LogP contribution in [-0.4, -0.2) is 24.2 Å². The molecular weight excluding hydrogens is 176 g/mol. The van der Waals surface area contributed by atoms with E-state index in [1.807, 2.05) is 12.1 Å². The average molecular weight is 190 g/mol.